The van der Waals surface area contributed by atoms with Gasteiger partial charge in [-0.05, 0) is 58.3 Å². The van der Waals surface area contributed by atoms with E-state index in [1.165, 1.54) is 16.8 Å². The number of halogens is 4. The van der Waals surface area contributed by atoms with Crippen molar-refractivity contribution in [1.82, 2.24) is 14.5 Å². The quantitative estimate of drug-likeness (QED) is 0.282. The van der Waals surface area contributed by atoms with E-state index in [4.69, 9.17) is 21.1 Å². The summed E-state index contributed by atoms with van der Waals surface area (Å²) in [6.07, 6.45) is -1.74. The van der Waals surface area contributed by atoms with Gasteiger partial charge in [0.2, 0.25) is 5.88 Å². The summed E-state index contributed by atoms with van der Waals surface area (Å²) in [4.78, 5) is 19.7. The molecule has 0 aliphatic carbocycles. The molecule has 1 aliphatic heterocycles. The zero-order chi connectivity index (χ0) is 27.3. The molecule has 1 aliphatic rings. The van der Waals surface area contributed by atoms with Gasteiger partial charge < -0.3 is 29.6 Å². The van der Waals surface area contributed by atoms with Crippen LogP contribution in [0.25, 0.3) is 0 Å². The lowest BCUT2D eigenvalue weighted by atomic mass is 10.1. The Morgan fingerprint density at radius 1 is 1.18 bits per heavy atom. The Bertz CT molecular complexity index is 1220. The first kappa shape index (κ1) is 27.5. The number of hydrogen-bond donors (Lipinski definition) is 1. The highest BCUT2D eigenvalue weighted by molar-refractivity contribution is 6.28. The zero-order valence-electron chi connectivity index (χ0n) is 20.1. The van der Waals surface area contributed by atoms with E-state index in [-0.39, 0.29) is 42.7 Å². The molecule has 2 aromatic heterocycles. The molecule has 38 heavy (non-hydrogen) atoms. The number of aliphatic hydroxyl groups excluding tert-OH is 1. The molecule has 0 bridgehead atoms. The van der Waals surface area contributed by atoms with E-state index in [0.29, 0.717) is 31.7 Å². The Balaban J connectivity index is 1.19. The van der Waals surface area contributed by atoms with Gasteiger partial charge in [0.15, 0.2) is 0 Å². The second-order valence-electron chi connectivity index (χ2n) is 8.75. The summed E-state index contributed by atoms with van der Waals surface area (Å²) in [5, 5.41) is 21.0. The minimum atomic E-state index is -4.43. The van der Waals surface area contributed by atoms with Crippen molar-refractivity contribution in [2.24, 2.45) is 0 Å². The number of rotatable bonds is 10. The number of alkyl halides is 3. The number of aryl methyl sites for hydroxylation is 1. The number of imidazole rings is 1. The fraction of sp³-hybridized carbons (Fsp3) is 0.417. The summed E-state index contributed by atoms with van der Waals surface area (Å²) < 4.78 is 50.8. The topological polar surface area (TPSA) is 116 Å². The third kappa shape index (κ3) is 7.25. The lowest BCUT2D eigenvalue weighted by Gasteiger charge is -2.33. The average molecular weight is 556 g/mol. The van der Waals surface area contributed by atoms with Crippen molar-refractivity contribution >= 4 is 23.1 Å². The fourth-order valence-electron chi connectivity index (χ4n) is 3.96. The predicted molar refractivity (Wildman–Crippen MR) is 132 cm³/mol. The number of aromatic nitrogens is 3. The average Bonchev–Trinajstić information content (AvgIpc) is 3.27. The lowest BCUT2D eigenvalue weighted by Crippen LogP contribution is -2.38. The van der Waals surface area contributed by atoms with Crippen LogP contribution < -0.4 is 14.4 Å². The molecule has 14 heteroatoms. The van der Waals surface area contributed by atoms with Crippen LogP contribution in [-0.4, -0.2) is 56.5 Å². The molecule has 0 spiro atoms. The number of hydrogen-bond acceptors (Lipinski definition) is 8. The van der Waals surface area contributed by atoms with Gasteiger partial charge in [0, 0.05) is 50.4 Å². The van der Waals surface area contributed by atoms with Crippen LogP contribution in [0.4, 0.5) is 24.7 Å². The first-order valence-electron chi connectivity index (χ1n) is 11.8. The SMILES string of the molecule is O=[N+]([O-])c1cn(CCC(O)COc2ccc(N3CCC(Oc4ccc(C(F)(F)F)cn4)CC3)cc2)c(Cl)n1. The third-order valence-electron chi connectivity index (χ3n) is 6.04. The van der Waals surface area contributed by atoms with E-state index in [1.807, 2.05) is 12.1 Å². The second kappa shape index (κ2) is 11.9. The number of aliphatic hydroxyl groups is 1. The summed E-state index contributed by atoms with van der Waals surface area (Å²) in [7, 11) is 0. The number of nitro groups is 1. The number of ether oxygens (including phenoxy) is 2. The Morgan fingerprint density at radius 2 is 1.89 bits per heavy atom. The van der Waals surface area contributed by atoms with Crippen LogP contribution in [0.1, 0.15) is 24.8 Å². The van der Waals surface area contributed by atoms with E-state index in [0.717, 1.165) is 18.0 Å². The van der Waals surface area contributed by atoms with Crippen LogP contribution in [0.15, 0.2) is 48.8 Å². The smallest absolute Gasteiger partial charge is 0.417 e. The third-order valence-corrected chi connectivity index (χ3v) is 6.34. The molecule has 1 fully saturated rings. The molecule has 1 aromatic carbocycles. The van der Waals surface area contributed by atoms with Gasteiger partial charge in [-0.15, -0.1) is 0 Å². The standard InChI is InChI=1S/C24H25ClF3N5O5/c25-23-30-21(33(35)36)14-32(23)10-7-18(34)15-37-19-4-2-17(3-5-19)31-11-8-20(9-12-31)38-22-6-1-16(13-29-22)24(26,27)28/h1-6,13-14,18,20,34H,7-12,15H2. The van der Waals surface area contributed by atoms with Crippen molar-refractivity contribution in [2.45, 2.75) is 44.2 Å². The highest BCUT2D eigenvalue weighted by atomic mass is 35.5. The Kier molecular flexibility index (Phi) is 8.57. The second-order valence-corrected chi connectivity index (χ2v) is 9.09. The molecule has 1 unspecified atom stereocenters. The van der Waals surface area contributed by atoms with Crippen LogP contribution in [-0.2, 0) is 12.7 Å². The molecule has 1 N–H and O–H groups in total. The van der Waals surface area contributed by atoms with E-state index in [2.05, 4.69) is 14.9 Å². The van der Waals surface area contributed by atoms with E-state index in [9.17, 15) is 28.4 Å². The Labute approximate surface area is 220 Å². The maximum absolute atomic E-state index is 12.7. The highest BCUT2D eigenvalue weighted by Crippen LogP contribution is 2.30. The summed E-state index contributed by atoms with van der Waals surface area (Å²) in [5.41, 5.74) is 0.176. The molecule has 3 heterocycles. The molecule has 1 saturated heterocycles. The maximum Gasteiger partial charge on any atom is 0.417 e. The van der Waals surface area contributed by atoms with Crippen LogP contribution >= 0.6 is 11.6 Å². The van der Waals surface area contributed by atoms with Crippen molar-refractivity contribution in [1.29, 1.82) is 0 Å². The summed E-state index contributed by atoms with van der Waals surface area (Å²) in [6, 6.07) is 9.61. The van der Waals surface area contributed by atoms with Gasteiger partial charge in [0.05, 0.1) is 11.7 Å². The molecular weight excluding hydrogens is 531 g/mol. The summed E-state index contributed by atoms with van der Waals surface area (Å²) in [6.45, 7) is 1.70. The number of anilines is 1. The minimum absolute atomic E-state index is 0.0211. The van der Waals surface area contributed by atoms with E-state index in [1.54, 1.807) is 12.1 Å². The van der Waals surface area contributed by atoms with E-state index < -0.39 is 22.8 Å². The number of nitrogens with zero attached hydrogens (tertiary/aromatic N) is 5. The van der Waals surface area contributed by atoms with Gasteiger partial charge in [-0.25, -0.2) is 4.98 Å². The van der Waals surface area contributed by atoms with Crippen molar-refractivity contribution < 1.29 is 32.7 Å². The van der Waals surface area contributed by atoms with Gasteiger partial charge in [0.25, 0.3) is 0 Å². The van der Waals surface area contributed by atoms with E-state index >= 15 is 0 Å². The largest absolute Gasteiger partial charge is 0.491 e. The van der Waals surface area contributed by atoms with Gasteiger partial charge in [0.1, 0.15) is 24.7 Å². The van der Waals surface area contributed by atoms with Crippen molar-refractivity contribution in [2.75, 3.05) is 24.6 Å². The number of benzene rings is 1. The molecular formula is C24H25ClF3N5O5. The summed E-state index contributed by atoms with van der Waals surface area (Å²) in [5.74, 6) is 0.402. The molecule has 4 rings (SSSR count). The monoisotopic (exact) mass is 555 g/mol. The van der Waals surface area contributed by atoms with Crippen LogP contribution in [0.2, 0.25) is 5.28 Å². The molecule has 3 aromatic rings. The van der Waals surface area contributed by atoms with Gasteiger partial charge >= 0.3 is 17.3 Å². The predicted octanol–water partition coefficient (Wildman–Crippen LogP) is 4.74. The zero-order valence-corrected chi connectivity index (χ0v) is 20.8. The maximum atomic E-state index is 12.7. The first-order valence-corrected chi connectivity index (χ1v) is 12.2. The van der Waals surface area contributed by atoms with Crippen LogP contribution in [0.5, 0.6) is 11.6 Å². The summed E-state index contributed by atoms with van der Waals surface area (Å²) >= 11 is 5.87. The molecule has 1 atom stereocenters. The molecule has 0 radical (unpaired) electrons. The molecule has 0 amide bonds. The lowest BCUT2D eigenvalue weighted by molar-refractivity contribution is -0.389. The van der Waals surface area contributed by atoms with Crippen molar-refractivity contribution in [3.8, 4) is 11.6 Å². The normalized spacial score (nSPS) is 15.3. The molecule has 204 valence electrons. The number of piperidine rings is 1. The van der Waals surface area contributed by atoms with Crippen LogP contribution in [0.3, 0.4) is 0 Å². The molecule has 0 saturated carbocycles. The Hall–Kier alpha value is -3.58. The molecule has 10 nitrogen and oxygen atoms in total. The highest BCUT2D eigenvalue weighted by Gasteiger charge is 2.31. The first-order chi connectivity index (χ1) is 18.1. The Morgan fingerprint density at radius 3 is 2.47 bits per heavy atom. The van der Waals surface area contributed by atoms with Gasteiger partial charge in [-0.1, -0.05) is 0 Å². The fourth-order valence-corrected chi connectivity index (χ4v) is 4.18. The minimum Gasteiger partial charge on any atom is -0.491 e. The number of pyridine rings is 1. The van der Waals surface area contributed by atoms with Gasteiger partial charge in [-0.3, -0.25) is 4.57 Å². The van der Waals surface area contributed by atoms with Crippen LogP contribution in [0, 0.1) is 10.1 Å². The van der Waals surface area contributed by atoms with Gasteiger partial charge in [-0.2, -0.15) is 13.2 Å². The van der Waals surface area contributed by atoms with Crippen molar-refractivity contribution in [3.05, 3.63) is 69.8 Å². The van der Waals surface area contributed by atoms with Crippen molar-refractivity contribution in [3.63, 3.8) is 0 Å².